The van der Waals surface area contributed by atoms with E-state index in [0.717, 1.165) is 12.0 Å². The van der Waals surface area contributed by atoms with E-state index in [2.05, 4.69) is 9.88 Å². The van der Waals surface area contributed by atoms with Gasteiger partial charge in [-0.3, -0.25) is 9.78 Å². The molecule has 0 saturated heterocycles. The van der Waals surface area contributed by atoms with Gasteiger partial charge in [0.05, 0.1) is 5.69 Å². The number of benzene rings is 1. The molecule has 1 atom stereocenters. The summed E-state index contributed by atoms with van der Waals surface area (Å²) in [4.78, 5) is 17.3. The van der Waals surface area contributed by atoms with Crippen LogP contribution in [0.15, 0.2) is 60.4 Å². The number of carbonyl (C=O) groups excluding carboxylic acids is 1. The second kappa shape index (κ2) is 5.28. The summed E-state index contributed by atoms with van der Waals surface area (Å²) in [5.74, 6) is 0. The SMILES string of the molecule is O=Cc1ccccc1N1C=CSC1c1ccncc1. The number of thioether (sulfide) groups is 1. The number of para-hydroxylation sites is 1. The lowest BCUT2D eigenvalue weighted by Crippen LogP contribution is -2.18. The summed E-state index contributed by atoms with van der Waals surface area (Å²) in [5.41, 5.74) is 2.81. The van der Waals surface area contributed by atoms with Gasteiger partial charge >= 0.3 is 0 Å². The minimum Gasteiger partial charge on any atom is -0.330 e. The van der Waals surface area contributed by atoms with Gasteiger partial charge in [-0.15, -0.1) is 11.8 Å². The van der Waals surface area contributed by atoms with Gasteiger partial charge in [-0.1, -0.05) is 12.1 Å². The van der Waals surface area contributed by atoms with Gasteiger partial charge in [-0.25, -0.2) is 0 Å². The molecule has 0 bridgehead atoms. The van der Waals surface area contributed by atoms with Crippen molar-refractivity contribution in [3.05, 3.63) is 71.5 Å². The van der Waals surface area contributed by atoms with Crippen molar-refractivity contribution in [2.45, 2.75) is 5.37 Å². The Labute approximate surface area is 116 Å². The summed E-state index contributed by atoms with van der Waals surface area (Å²) < 4.78 is 0. The van der Waals surface area contributed by atoms with Crippen LogP contribution in [0.2, 0.25) is 0 Å². The minimum absolute atomic E-state index is 0.157. The number of nitrogens with zero attached hydrogens (tertiary/aromatic N) is 2. The zero-order valence-corrected chi connectivity index (χ0v) is 11.0. The molecule has 1 aromatic heterocycles. The zero-order chi connectivity index (χ0) is 13.1. The molecule has 94 valence electrons. The Morgan fingerprint density at radius 2 is 1.95 bits per heavy atom. The lowest BCUT2D eigenvalue weighted by Gasteiger charge is -2.26. The maximum absolute atomic E-state index is 11.2. The second-order valence-electron chi connectivity index (χ2n) is 4.14. The standard InChI is InChI=1S/C15H12N2OS/c18-11-13-3-1-2-4-14(13)17-9-10-19-15(17)12-5-7-16-8-6-12/h1-11,15H. The van der Waals surface area contributed by atoms with Crippen LogP contribution in [0.25, 0.3) is 0 Å². The number of hydrogen-bond acceptors (Lipinski definition) is 4. The summed E-state index contributed by atoms with van der Waals surface area (Å²) in [6, 6.07) is 11.6. The van der Waals surface area contributed by atoms with Crippen molar-refractivity contribution in [1.29, 1.82) is 0 Å². The molecule has 2 aromatic rings. The monoisotopic (exact) mass is 268 g/mol. The van der Waals surface area contributed by atoms with Gasteiger partial charge in [0.25, 0.3) is 0 Å². The first-order valence-corrected chi connectivity index (χ1v) is 6.89. The van der Waals surface area contributed by atoms with Crippen LogP contribution in [0.3, 0.4) is 0 Å². The van der Waals surface area contributed by atoms with E-state index in [1.807, 2.05) is 48.0 Å². The Balaban J connectivity index is 2.00. The number of aromatic nitrogens is 1. The van der Waals surface area contributed by atoms with Gasteiger partial charge in [-0.2, -0.15) is 0 Å². The van der Waals surface area contributed by atoms with Crippen molar-refractivity contribution in [2.24, 2.45) is 0 Å². The highest BCUT2D eigenvalue weighted by Crippen LogP contribution is 2.42. The predicted octanol–water partition coefficient (Wildman–Crippen LogP) is 3.62. The fourth-order valence-electron chi connectivity index (χ4n) is 2.12. The van der Waals surface area contributed by atoms with E-state index < -0.39 is 0 Å². The summed E-state index contributed by atoms with van der Waals surface area (Å²) in [6.07, 6.45) is 6.49. The first kappa shape index (κ1) is 12.0. The van der Waals surface area contributed by atoms with Crippen LogP contribution in [0.4, 0.5) is 5.69 Å². The lowest BCUT2D eigenvalue weighted by atomic mass is 10.1. The Kier molecular flexibility index (Phi) is 3.33. The average molecular weight is 268 g/mol. The number of rotatable bonds is 3. The molecule has 4 heteroatoms. The lowest BCUT2D eigenvalue weighted by molar-refractivity contribution is 0.112. The Hall–Kier alpha value is -2.07. The number of carbonyl (C=O) groups is 1. The van der Waals surface area contributed by atoms with Crippen LogP contribution in [0, 0.1) is 0 Å². The van der Waals surface area contributed by atoms with Crippen molar-refractivity contribution in [2.75, 3.05) is 4.90 Å². The third-order valence-electron chi connectivity index (χ3n) is 3.01. The molecule has 0 aliphatic carbocycles. The molecular formula is C15H12N2OS. The molecule has 0 fully saturated rings. The van der Waals surface area contributed by atoms with Gasteiger partial charge in [0.2, 0.25) is 0 Å². The normalized spacial score (nSPS) is 17.7. The van der Waals surface area contributed by atoms with Crippen molar-refractivity contribution in [3.63, 3.8) is 0 Å². The fraction of sp³-hybridized carbons (Fsp3) is 0.0667. The molecule has 1 aliphatic rings. The molecular weight excluding hydrogens is 256 g/mol. The van der Waals surface area contributed by atoms with Crippen LogP contribution in [0.5, 0.6) is 0 Å². The number of anilines is 1. The summed E-state index contributed by atoms with van der Waals surface area (Å²) in [7, 11) is 0. The first-order chi connectivity index (χ1) is 9.40. The smallest absolute Gasteiger partial charge is 0.152 e. The molecule has 0 N–H and O–H groups in total. The average Bonchev–Trinajstić information content (AvgIpc) is 2.97. The fourth-order valence-corrected chi connectivity index (χ4v) is 3.09. The van der Waals surface area contributed by atoms with Gasteiger partial charge < -0.3 is 4.90 Å². The molecule has 1 aromatic carbocycles. The molecule has 2 heterocycles. The minimum atomic E-state index is 0.157. The van der Waals surface area contributed by atoms with E-state index >= 15 is 0 Å². The maximum atomic E-state index is 11.2. The number of hydrogen-bond donors (Lipinski definition) is 0. The zero-order valence-electron chi connectivity index (χ0n) is 10.1. The van der Waals surface area contributed by atoms with E-state index in [0.29, 0.717) is 5.56 Å². The summed E-state index contributed by atoms with van der Waals surface area (Å²) >= 11 is 1.72. The van der Waals surface area contributed by atoms with Gasteiger partial charge in [0.1, 0.15) is 5.37 Å². The molecule has 0 spiro atoms. The molecule has 19 heavy (non-hydrogen) atoms. The van der Waals surface area contributed by atoms with Crippen LogP contribution in [-0.2, 0) is 0 Å². The van der Waals surface area contributed by atoms with E-state index in [1.165, 1.54) is 5.56 Å². The Morgan fingerprint density at radius 1 is 1.16 bits per heavy atom. The predicted molar refractivity (Wildman–Crippen MR) is 78.0 cm³/mol. The largest absolute Gasteiger partial charge is 0.330 e. The molecule has 0 saturated carbocycles. The molecule has 1 aliphatic heterocycles. The van der Waals surface area contributed by atoms with Crippen molar-refractivity contribution in [3.8, 4) is 0 Å². The second-order valence-corrected chi connectivity index (χ2v) is 5.13. The van der Waals surface area contributed by atoms with Gasteiger partial charge in [0, 0.05) is 24.2 Å². The highest BCUT2D eigenvalue weighted by molar-refractivity contribution is 8.02. The van der Waals surface area contributed by atoms with Gasteiger partial charge in [-0.05, 0) is 35.2 Å². The first-order valence-electron chi connectivity index (χ1n) is 5.95. The molecule has 3 rings (SSSR count). The van der Waals surface area contributed by atoms with Crippen LogP contribution >= 0.6 is 11.8 Å². The van der Waals surface area contributed by atoms with Crippen LogP contribution < -0.4 is 4.90 Å². The topological polar surface area (TPSA) is 33.2 Å². The third-order valence-corrected chi connectivity index (χ3v) is 4.05. The van der Waals surface area contributed by atoms with Crippen molar-refractivity contribution in [1.82, 2.24) is 4.98 Å². The molecule has 3 nitrogen and oxygen atoms in total. The van der Waals surface area contributed by atoms with Crippen LogP contribution in [-0.4, -0.2) is 11.3 Å². The summed E-state index contributed by atoms with van der Waals surface area (Å²) in [6.45, 7) is 0. The van der Waals surface area contributed by atoms with E-state index in [1.54, 1.807) is 24.2 Å². The van der Waals surface area contributed by atoms with E-state index in [4.69, 9.17) is 0 Å². The van der Waals surface area contributed by atoms with Crippen LogP contribution in [0.1, 0.15) is 21.3 Å². The Bertz CT molecular complexity index is 613. The van der Waals surface area contributed by atoms with E-state index in [9.17, 15) is 4.79 Å². The quantitative estimate of drug-likeness (QED) is 0.796. The summed E-state index contributed by atoms with van der Waals surface area (Å²) in [5, 5.41) is 2.20. The highest BCUT2D eigenvalue weighted by atomic mass is 32.2. The van der Waals surface area contributed by atoms with Gasteiger partial charge in [0.15, 0.2) is 6.29 Å². The number of pyridine rings is 1. The molecule has 0 radical (unpaired) electrons. The molecule has 1 unspecified atom stereocenters. The molecule has 0 amide bonds. The third kappa shape index (κ3) is 2.27. The maximum Gasteiger partial charge on any atom is 0.152 e. The highest BCUT2D eigenvalue weighted by Gasteiger charge is 2.24. The van der Waals surface area contributed by atoms with Crippen molar-refractivity contribution >= 4 is 23.7 Å². The van der Waals surface area contributed by atoms with E-state index in [-0.39, 0.29) is 5.37 Å². The Morgan fingerprint density at radius 3 is 2.74 bits per heavy atom. The van der Waals surface area contributed by atoms with Crippen molar-refractivity contribution < 1.29 is 4.79 Å². The number of aldehydes is 1.